The first-order chi connectivity index (χ1) is 9.65. The first kappa shape index (κ1) is 13.3. The van der Waals surface area contributed by atoms with Crippen molar-refractivity contribution in [3.05, 3.63) is 53.0 Å². The van der Waals surface area contributed by atoms with Gasteiger partial charge < -0.3 is 9.73 Å². The Labute approximate surface area is 122 Å². The van der Waals surface area contributed by atoms with Crippen molar-refractivity contribution in [3.8, 4) is 0 Å². The van der Waals surface area contributed by atoms with Gasteiger partial charge in [-0.05, 0) is 38.0 Å². The number of carbonyl (C=O) groups excluding carboxylic acids is 1. The van der Waals surface area contributed by atoms with E-state index in [4.69, 9.17) is 4.42 Å². The van der Waals surface area contributed by atoms with Crippen LogP contribution in [0.2, 0.25) is 0 Å². The van der Waals surface area contributed by atoms with Gasteiger partial charge in [0, 0.05) is 10.6 Å². The summed E-state index contributed by atoms with van der Waals surface area (Å²) in [6, 6.07) is 10.2. The summed E-state index contributed by atoms with van der Waals surface area (Å²) in [7, 11) is 0. The number of fused-ring (bicyclic) bond motifs is 1. The second kappa shape index (κ2) is 5.37. The summed E-state index contributed by atoms with van der Waals surface area (Å²) in [5, 5.41) is 3.13. The minimum absolute atomic E-state index is 0.0500. The molecule has 1 aliphatic rings. The van der Waals surface area contributed by atoms with Gasteiger partial charge in [0.25, 0.3) is 5.91 Å². The highest BCUT2D eigenvalue weighted by Gasteiger charge is 2.23. The molecule has 1 amide bonds. The molecule has 1 unspecified atom stereocenters. The number of nitrogens with one attached hydrogen (secondary N) is 1. The lowest BCUT2D eigenvalue weighted by Crippen LogP contribution is -2.30. The lowest BCUT2D eigenvalue weighted by atomic mass is 10.0. The molecule has 0 spiro atoms. The zero-order chi connectivity index (χ0) is 14.1. The van der Waals surface area contributed by atoms with E-state index in [1.54, 1.807) is 6.07 Å². The highest BCUT2D eigenvalue weighted by molar-refractivity contribution is 7.99. The Morgan fingerprint density at radius 3 is 2.90 bits per heavy atom. The number of aryl methyl sites for hydroxylation is 2. The highest BCUT2D eigenvalue weighted by Crippen LogP contribution is 2.36. The summed E-state index contributed by atoms with van der Waals surface area (Å²) >= 11 is 1.85. The molecular formula is C16H17NO2S. The fourth-order valence-corrected chi connectivity index (χ4v) is 3.71. The van der Waals surface area contributed by atoms with Crippen LogP contribution < -0.4 is 5.32 Å². The van der Waals surface area contributed by atoms with Gasteiger partial charge in [-0.25, -0.2) is 0 Å². The van der Waals surface area contributed by atoms with Crippen LogP contribution in [0.5, 0.6) is 0 Å². The Kier molecular flexibility index (Phi) is 3.57. The SMILES string of the molecule is Cc1cc(C(=O)NC2CCSc3ccccc32)c(C)o1. The topological polar surface area (TPSA) is 42.2 Å². The van der Waals surface area contributed by atoms with Crippen LogP contribution in [0.15, 0.2) is 39.6 Å². The molecule has 0 saturated heterocycles. The Bertz CT molecular complexity index is 648. The fraction of sp³-hybridized carbons (Fsp3) is 0.312. The molecule has 0 saturated carbocycles. The fourth-order valence-electron chi connectivity index (χ4n) is 2.58. The predicted octanol–water partition coefficient (Wildman–Crippen LogP) is 3.86. The summed E-state index contributed by atoms with van der Waals surface area (Å²) < 4.78 is 5.43. The van der Waals surface area contributed by atoms with Crippen LogP contribution in [0.1, 0.15) is 39.9 Å². The number of carbonyl (C=O) groups is 1. The Hall–Kier alpha value is -1.68. The van der Waals surface area contributed by atoms with Gasteiger partial charge in [-0.1, -0.05) is 18.2 Å². The van der Waals surface area contributed by atoms with Gasteiger partial charge in [0.1, 0.15) is 11.5 Å². The summed E-state index contributed by atoms with van der Waals surface area (Å²) in [4.78, 5) is 13.6. The monoisotopic (exact) mass is 287 g/mol. The quantitative estimate of drug-likeness (QED) is 0.912. The van der Waals surface area contributed by atoms with Crippen molar-refractivity contribution in [1.82, 2.24) is 5.32 Å². The number of rotatable bonds is 2. The number of hydrogen-bond acceptors (Lipinski definition) is 3. The molecule has 0 aliphatic carbocycles. The first-order valence-electron chi connectivity index (χ1n) is 6.75. The third-order valence-corrected chi connectivity index (χ3v) is 4.67. The smallest absolute Gasteiger partial charge is 0.255 e. The third-order valence-electron chi connectivity index (χ3n) is 3.55. The summed E-state index contributed by atoms with van der Waals surface area (Å²) in [6.45, 7) is 3.68. The van der Waals surface area contributed by atoms with Crippen molar-refractivity contribution in [1.29, 1.82) is 0 Å². The number of amides is 1. The zero-order valence-corrected chi connectivity index (χ0v) is 12.4. The molecule has 1 aromatic heterocycles. The van der Waals surface area contributed by atoms with Crippen LogP contribution in [0, 0.1) is 13.8 Å². The molecule has 20 heavy (non-hydrogen) atoms. The van der Waals surface area contributed by atoms with Crippen molar-refractivity contribution in [2.45, 2.75) is 31.2 Å². The average Bonchev–Trinajstić information content (AvgIpc) is 2.78. The van der Waals surface area contributed by atoms with E-state index < -0.39 is 0 Å². The Balaban J connectivity index is 1.82. The van der Waals surface area contributed by atoms with E-state index in [0.29, 0.717) is 11.3 Å². The molecule has 104 valence electrons. The van der Waals surface area contributed by atoms with E-state index in [9.17, 15) is 4.79 Å². The summed E-state index contributed by atoms with van der Waals surface area (Å²) in [5.41, 5.74) is 1.85. The van der Waals surface area contributed by atoms with Gasteiger partial charge in [-0.2, -0.15) is 0 Å². The summed E-state index contributed by atoms with van der Waals surface area (Å²) in [5.74, 6) is 2.43. The molecule has 1 aromatic carbocycles. The van der Waals surface area contributed by atoms with Crippen LogP contribution in [-0.2, 0) is 0 Å². The van der Waals surface area contributed by atoms with Gasteiger partial charge >= 0.3 is 0 Å². The minimum atomic E-state index is -0.0500. The zero-order valence-electron chi connectivity index (χ0n) is 11.6. The molecule has 3 nitrogen and oxygen atoms in total. The summed E-state index contributed by atoms with van der Waals surface area (Å²) in [6.07, 6.45) is 0.962. The second-order valence-corrected chi connectivity index (χ2v) is 6.16. The number of thioether (sulfide) groups is 1. The minimum Gasteiger partial charge on any atom is -0.466 e. The Morgan fingerprint density at radius 1 is 1.35 bits per heavy atom. The lowest BCUT2D eigenvalue weighted by Gasteiger charge is -2.25. The van der Waals surface area contributed by atoms with Crippen molar-refractivity contribution < 1.29 is 9.21 Å². The van der Waals surface area contributed by atoms with Gasteiger partial charge in [0.15, 0.2) is 0 Å². The maximum atomic E-state index is 12.4. The first-order valence-corrected chi connectivity index (χ1v) is 7.73. The van der Waals surface area contributed by atoms with E-state index >= 15 is 0 Å². The highest BCUT2D eigenvalue weighted by atomic mass is 32.2. The third kappa shape index (κ3) is 2.48. The van der Waals surface area contributed by atoms with Crippen LogP contribution >= 0.6 is 11.8 Å². The van der Waals surface area contributed by atoms with E-state index in [0.717, 1.165) is 17.9 Å². The predicted molar refractivity (Wildman–Crippen MR) is 80.2 cm³/mol. The molecule has 1 N–H and O–H groups in total. The van der Waals surface area contributed by atoms with Crippen LogP contribution in [-0.4, -0.2) is 11.7 Å². The van der Waals surface area contributed by atoms with E-state index in [2.05, 4.69) is 17.4 Å². The molecule has 2 heterocycles. The van der Waals surface area contributed by atoms with Crippen molar-refractivity contribution in [2.75, 3.05) is 5.75 Å². The largest absolute Gasteiger partial charge is 0.466 e. The van der Waals surface area contributed by atoms with Crippen molar-refractivity contribution in [3.63, 3.8) is 0 Å². The normalized spacial score (nSPS) is 17.6. The number of benzene rings is 1. The molecule has 1 atom stereocenters. The Morgan fingerprint density at radius 2 is 2.15 bits per heavy atom. The van der Waals surface area contributed by atoms with Crippen LogP contribution in [0.4, 0.5) is 0 Å². The maximum Gasteiger partial charge on any atom is 0.255 e. The molecule has 3 rings (SSSR count). The molecule has 0 fully saturated rings. The van der Waals surface area contributed by atoms with E-state index in [1.165, 1.54) is 10.5 Å². The molecular weight excluding hydrogens is 270 g/mol. The molecule has 2 aromatic rings. The van der Waals surface area contributed by atoms with Crippen LogP contribution in [0.25, 0.3) is 0 Å². The average molecular weight is 287 g/mol. The standard InChI is InChI=1S/C16H17NO2S/c1-10-9-13(11(2)19-10)16(18)17-14-7-8-20-15-6-4-3-5-12(14)15/h3-6,9,14H,7-8H2,1-2H3,(H,17,18). The van der Waals surface area contributed by atoms with E-state index in [-0.39, 0.29) is 11.9 Å². The maximum absolute atomic E-state index is 12.4. The molecule has 0 bridgehead atoms. The van der Waals surface area contributed by atoms with Crippen LogP contribution in [0.3, 0.4) is 0 Å². The number of hydrogen-bond donors (Lipinski definition) is 1. The molecule has 1 aliphatic heterocycles. The number of furan rings is 1. The molecule has 0 radical (unpaired) electrons. The van der Waals surface area contributed by atoms with Crippen molar-refractivity contribution >= 4 is 17.7 Å². The van der Waals surface area contributed by atoms with Gasteiger partial charge in [-0.15, -0.1) is 11.8 Å². The molecule has 4 heteroatoms. The lowest BCUT2D eigenvalue weighted by molar-refractivity contribution is 0.0933. The second-order valence-electron chi connectivity index (χ2n) is 5.03. The van der Waals surface area contributed by atoms with Crippen molar-refractivity contribution in [2.24, 2.45) is 0 Å². The van der Waals surface area contributed by atoms with E-state index in [1.807, 2.05) is 37.7 Å². The van der Waals surface area contributed by atoms with Gasteiger partial charge in [0.2, 0.25) is 0 Å². The van der Waals surface area contributed by atoms with Gasteiger partial charge in [-0.3, -0.25) is 4.79 Å². The van der Waals surface area contributed by atoms with Gasteiger partial charge in [0.05, 0.1) is 11.6 Å².